The van der Waals surface area contributed by atoms with E-state index in [4.69, 9.17) is 11.6 Å². The number of hydrogen-bond acceptors (Lipinski definition) is 4. The smallest absolute Gasteiger partial charge is 0.261 e. The highest BCUT2D eigenvalue weighted by Gasteiger charge is 2.26. The van der Waals surface area contributed by atoms with Crippen molar-refractivity contribution in [2.24, 2.45) is 0 Å². The Hall–Kier alpha value is -1.76. The molecule has 26 heavy (non-hydrogen) atoms. The molecule has 2 aromatic carbocycles. The molecule has 2 N–H and O–H groups in total. The zero-order valence-corrected chi connectivity index (χ0v) is 16.5. The first kappa shape index (κ1) is 19.0. The van der Waals surface area contributed by atoms with E-state index in [1.165, 1.54) is 0 Å². The first-order chi connectivity index (χ1) is 12.3. The maximum absolute atomic E-state index is 12.5. The molecule has 0 aliphatic carbocycles. The third kappa shape index (κ3) is 4.50. The number of halogens is 1. The van der Waals surface area contributed by atoms with E-state index in [1.54, 1.807) is 36.4 Å². The van der Waals surface area contributed by atoms with Crippen LogP contribution in [-0.4, -0.2) is 44.9 Å². The largest absolute Gasteiger partial charge is 0.380 e. The Bertz CT molecular complexity index is 858. The fourth-order valence-electron chi connectivity index (χ4n) is 3.07. The minimum absolute atomic E-state index is 0.0119. The summed E-state index contributed by atoms with van der Waals surface area (Å²) in [7, 11) is -1.54. The monoisotopic (exact) mass is 393 g/mol. The number of nitrogens with one attached hydrogen (secondary N) is 2. The molecule has 0 bridgehead atoms. The number of piperidine rings is 1. The Kier molecular flexibility index (Phi) is 5.75. The van der Waals surface area contributed by atoms with E-state index < -0.39 is 10.0 Å². The number of nitrogens with zero attached hydrogens (tertiary/aromatic N) is 1. The normalized spacial score (nSPS) is 21.3. The van der Waals surface area contributed by atoms with Crippen LogP contribution >= 0.6 is 11.6 Å². The van der Waals surface area contributed by atoms with Gasteiger partial charge in [0.15, 0.2) is 0 Å². The number of alkyl halides is 1. The highest BCUT2D eigenvalue weighted by molar-refractivity contribution is 7.92. The summed E-state index contributed by atoms with van der Waals surface area (Å²) in [6, 6.07) is 14.0. The molecule has 1 fully saturated rings. The van der Waals surface area contributed by atoms with E-state index in [-0.39, 0.29) is 16.3 Å². The Morgan fingerprint density at radius 2 is 1.88 bits per heavy atom. The summed E-state index contributed by atoms with van der Waals surface area (Å²) >= 11 is 6.49. The van der Waals surface area contributed by atoms with Gasteiger partial charge in [0.05, 0.1) is 16.0 Å². The van der Waals surface area contributed by atoms with Gasteiger partial charge < -0.3 is 10.2 Å². The van der Waals surface area contributed by atoms with Crippen LogP contribution in [0.5, 0.6) is 0 Å². The van der Waals surface area contributed by atoms with E-state index in [0.29, 0.717) is 5.69 Å². The minimum Gasteiger partial charge on any atom is -0.380 e. The van der Waals surface area contributed by atoms with Gasteiger partial charge in [0, 0.05) is 18.3 Å². The molecule has 1 saturated heterocycles. The molecular formula is C19H24ClN3O2S. The lowest BCUT2D eigenvalue weighted by Gasteiger charge is -2.34. The van der Waals surface area contributed by atoms with Gasteiger partial charge in [0.2, 0.25) is 0 Å². The molecule has 2 atom stereocenters. The van der Waals surface area contributed by atoms with Crippen LogP contribution in [0.15, 0.2) is 53.4 Å². The molecule has 5 nitrogen and oxygen atoms in total. The first-order valence-corrected chi connectivity index (χ1v) is 10.5. The molecule has 0 radical (unpaired) electrons. The van der Waals surface area contributed by atoms with Crippen molar-refractivity contribution in [2.75, 3.05) is 30.2 Å². The van der Waals surface area contributed by atoms with E-state index >= 15 is 0 Å². The van der Waals surface area contributed by atoms with E-state index in [1.807, 2.05) is 19.1 Å². The number of aryl methyl sites for hydroxylation is 1. The summed E-state index contributed by atoms with van der Waals surface area (Å²) in [5.74, 6) is 0. The number of rotatable bonds is 5. The standard InChI is InChI=1S/C19H24ClN3O2S/c1-14-8-9-15(22-26(24,25)16-6-4-3-5-7-16)12-19(14)21-18-10-11-23(2)13-17(18)20/h3-9,12,17-18,21-22H,10-11,13H2,1-2H3. The topological polar surface area (TPSA) is 61.4 Å². The van der Waals surface area contributed by atoms with Crippen LogP contribution in [0.1, 0.15) is 12.0 Å². The van der Waals surface area contributed by atoms with Gasteiger partial charge in [-0.1, -0.05) is 24.3 Å². The van der Waals surface area contributed by atoms with E-state index in [2.05, 4.69) is 22.0 Å². The summed E-state index contributed by atoms with van der Waals surface area (Å²) < 4.78 is 27.7. The van der Waals surface area contributed by atoms with Gasteiger partial charge in [0.1, 0.15) is 0 Å². The molecular weight excluding hydrogens is 370 g/mol. The Morgan fingerprint density at radius 3 is 2.58 bits per heavy atom. The lowest BCUT2D eigenvalue weighted by molar-refractivity contribution is 0.268. The maximum Gasteiger partial charge on any atom is 0.261 e. The molecule has 2 aromatic rings. The fraction of sp³-hybridized carbons (Fsp3) is 0.368. The number of likely N-dealkylation sites (tertiary alicyclic amines) is 1. The average Bonchev–Trinajstić information content (AvgIpc) is 2.61. The summed E-state index contributed by atoms with van der Waals surface area (Å²) in [6.45, 7) is 3.81. The summed E-state index contributed by atoms with van der Waals surface area (Å²) in [4.78, 5) is 2.46. The summed E-state index contributed by atoms with van der Waals surface area (Å²) in [5.41, 5.74) is 2.48. The first-order valence-electron chi connectivity index (χ1n) is 8.63. The van der Waals surface area contributed by atoms with Crippen molar-refractivity contribution < 1.29 is 8.42 Å². The van der Waals surface area contributed by atoms with E-state index in [9.17, 15) is 8.42 Å². The molecule has 2 unspecified atom stereocenters. The number of anilines is 2. The Balaban J connectivity index is 1.78. The van der Waals surface area contributed by atoms with Gasteiger partial charge in [-0.2, -0.15) is 0 Å². The van der Waals surface area contributed by atoms with Crippen LogP contribution in [0, 0.1) is 6.92 Å². The third-order valence-electron chi connectivity index (χ3n) is 4.63. The van der Waals surface area contributed by atoms with Crippen LogP contribution in [0.4, 0.5) is 11.4 Å². The predicted octanol–water partition coefficient (Wildman–Crippen LogP) is 3.52. The van der Waals surface area contributed by atoms with Gasteiger partial charge in [-0.05, 0) is 56.8 Å². The van der Waals surface area contributed by atoms with Crippen molar-refractivity contribution in [1.29, 1.82) is 0 Å². The number of hydrogen-bond donors (Lipinski definition) is 2. The highest BCUT2D eigenvalue weighted by Crippen LogP contribution is 2.26. The average molecular weight is 394 g/mol. The SMILES string of the molecule is Cc1ccc(NS(=O)(=O)c2ccccc2)cc1NC1CCN(C)CC1Cl. The second-order valence-electron chi connectivity index (χ2n) is 6.77. The van der Waals surface area contributed by atoms with Gasteiger partial charge in [0.25, 0.3) is 10.0 Å². The number of benzene rings is 2. The highest BCUT2D eigenvalue weighted by atomic mass is 35.5. The van der Waals surface area contributed by atoms with Crippen LogP contribution < -0.4 is 10.0 Å². The fourth-order valence-corrected chi connectivity index (χ4v) is 4.57. The second kappa shape index (κ2) is 7.86. The molecule has 0 amide bonds. The van der Waals surface area contributed by atoms with Gasteiger partial charge in [-0.25, -0.2) is 8.42 Å². The van der Waals surface area contributed by atoms with Crippen molar-refractivity contribution in [1.82, 2.24) is 4.90 Å². The maximum atomic E-state index is 12.5. The van der Waals surface area contributed by atoms with Gasteiger partial charge in [-0.3, -0.25) is 4.72 Å². The van der Waals surface area contributed by atoms with Crippen LogP contribution in [0.3, 0.4) is 0 Å². The van der Waals surface area contributed by atoms with E-state index in [0.717, 1.165) is 30.8 Å². The van der Waals surface area contributed by atoms with Crippen LogP contribution in [-0.2, 0) is 10.0 Å². The molecule has 3 rings (SSSR count). The lowest BCUT2D eigenvalue weighted by Crippen LogP contribution is -2.45. The van der Waals surface area contributed by atoms with Crippen molar-refractivity contribution in [3.05, 3.63) is 54.1 Å². The summed E-state index contributed by atoms with van der Waals surface area (Å²) in [5, 5.41) is 3.50. The third-order valence-corrected chi connectivity index (χ3v) is 6.47. The number of sulfonamides is 1. The molecule has 1 aliphatic heterocycles. The van der Waals surface area contributed by atoms with Crippen LogP contribution in [0.25, 0.3) is 0 Å². The Labute approximate surface area is 160 Å². The van der Waals surface area contributed by atoms with Crippen molar-refractivity contribution in [2.45, 2.75) is 29.7 Å². The lowest BCUT2D eigenvalue weighted by atomic mass is 10.0. The van der Waals surface area contributed by atoms with Crippen molar-refractivity contribution >= 4 is 33.0 Å². The second-order valence-corrected chi connectivity index (χ2v) is 9.01. The van der Waals surface area contributed by atoms with Crippen LogP contribution in [0.2, 0.25) is 0 Å². The van der Waals surface area contributed by atoms with Gasteiger partial charge in [-0.15, -0.1) is 11.6 Å². The molecule has 0 spiro atoms. The minimum atomic E-state index is -3.60. The molecule has 0 aromatic heterocycles. The Morgan fingerprint density at radius 1 is 1.15 bits per heavy atom. The predicted molar refractivity (Wildman–Crippen MR) is 108 cm³/mol. The summed E-state index contributed by atoms with van der Waals surface area (Å²) in [6.07, 6.45) is 0.948. The quantitative estimate of drug-likeness (QED) is 0.763. The van der Waals surface area contributed by atoms with Crippen molar-refractivity contribution in [3.8, 4) is 0 Å². The molecule has 7 heteroatoms. The zero-order chi connectivity index (χ0) is 18.7. The van der Waals surface area contributed by atoms with Crippen molar-refractivity contribution in [3.63, 3.8) is 0 Å². The molecule has 140 valence electrons. The molecule has 1 aliphatic rings. The van der Waals surface area contributed by atoms with Gasteiger partial charge >= 0.3 is 0 Å². The molecule has 1 heterocycles. The zero-order valence-electron chi connectivity index (χ0n) is 14.9. The molecule has 0 saturated carbocycles.